The number of allylic oxidation sites excluding steroid dienone is 1. The second-order valence-electron chi connectivity index (χ2n) is 3.93. The predicted molar refractivity (Wildman–Crippen MR) is 71.7 cm³/mol. The van der Waals surface area contributed by atoms with Crippen molar-refractivity contribution >= 4 is 23.2 Å². The molecule has 8 nitrogen and oxygen atoms in total. The Bertz CT molecular complexity index is 629. The van der Waals surface area contributed by atoms with Crippen molar-refractivity contribution in [2.24, 2.45) is 0 Å². The van der Waals surface area contributed by atoms with Gasteiger partial charge >= 0.3 is 11.9 Å². The monoisotopic (exact) mass is 295 g/mol. The SMILES string of the molecule is COC(=O)/C(=C(/C)O)c1ccc(C(=O)OC)c([N+](=O)[O-])c1. The van der Waals surface area contributed by atoms with Crippen molar-refractivity contribution in [2.45, 2.75) is 6.92 Å². The lowest BCUT2D eigenvalue weighted by atomic mass is 10.0. The van der Waals surface area contributed by atoms with Gasteiger partial charge in [-0.05, 0) is 18.6 Å². The second kappa shape index (κ2) is 6.51. The number of aliphatic hydroxyl groups is 1. The Morgan fingerprint density at radius 2 is 1.86 bits per heavy atom. The highest BCUT2D eigenvalue weighted by molar-refractivity contribution is 6.17. The van der Waals surface area contributed by atoms with Gasteiger partial charge in [0, 0.05) is 6.07 Å². The first kappa shape index (κ1) is 16.2. The van der Waals surface area contributed by atoms with Gasteiger partial charge in [0.2, 0.25) is 0 Å². The summed E-state index contributed by atoms with van der Waals surface area (Å²) in [5.74, 6) is -2.09. The molecule has 112 valence electrons. The van der Waals surface area contributed by atoms with Gasteiger partial charge in [-0.15, -0.1) is 0 Å². The standard InChI is InChI=1S/C13H13NO7/c1-7(15)11(13(17)21-3)8-4-5-9(12(16)20-2)10(6-8)14(18)19/h4-6,15H,1-3H3/b11-7-. The first-order valence-electron chi connectivity index (χ1n) is 5.68. The molecule has 0 aliphatic carbocycles. The number of hydrogen-bond acceptors (Lipinski definition) is 7. The number of ether oxygens (including phenoxy) is 2. The molecular weight excluding hydrogens is 282 g/mol. The summed E-state index contributed by atoms with van der Waals surface area (Å²) in [7, 11) is 2.21. The molecule has 0 heterocycles. The molecule has 0 amide bonds. The van der Waals surface area contributed by atoms with Crippen molar-refractivity contribution in [1.29, 1.82) is 0 Å². The van der Waals surface area contributed by atoms with E-state index in [4.69, 9.17) is 0 Å². The van der Waals surface area contributed by atoms with Gasteiger partial charge in [-0.3, -0.25) is 10.1 Å². The number of methoxy groups -OCH3 is 2. The zero-order chi connectivity index (χ0) is 16.2. The maximum absolute atomic E-state index is 11.6. The van der Waals surface area contributed by atoms with E-state index in [-0.39, 0.29) is 22.5 Å². The molecule has 0 aliphatic heterocycles. The minimum atomic E-state index is -0.877. The smallest absolute Gasteiger partial charge is 0.344 e. The molecule has 21 heavy (non-hydrogen) atoms. The number of hydrogen-bond donors (Lipinski definition) is 1. The maximum Gasteiger partial charge on any atom is 0.344 e. The Kier molecular flexibility index (Phi) is 5.01. The average Bonchev–Trinajstić information content (AvgIpc) is 2.45. The van der Waals surface area contributed by atoms with E-state index < -0.39 is 22.5 Å². The number of esters is 2. The molecule has 0 bridgehead atoms. The molecule has 0 fully saturated rings. The minimum absolute atomic E-state index is 0.0567. The largest absolute Gasteiger partial charge is 0.512 e. The zero-order valence-corrected chi connectivity index (χ0v) is 11.6. The van der Waals surface area contributed by atoms with E-state index in [0.29, 0.717) is 0 Å². The summed E-state index contributed by atoms with van der Waals surface area (Å²) in [6.07, 6.45) is 0. The van der Waals surface area contributed by atoms with Gasteiger partial charge in [-0.2, -0.15) is 0 Å². The van der Waals surface area contributed by atoms with Crippen LogP contribution in [0.15, 0.2) is 24.0 Å². The number of carbonyl (C=O) groups is 2. The van der Waals surface area contributed by atoms with Crippen LogP contribution < -0.4 is 0 Å². The number of benzene rings is 1. The van der Waals surface area contributed by atoms with E-state index in [1.807, 2.05) is 0 Å². The van der Waals surface area contributed by atoms with Gasteiger partial charge in [-0.1, -0.05) is 6.07 Å². The van der Waals surface area contributed by atoms with E-state index in [1.165, 1.54) is 13.0 Å². The van der Waals surface area contributed by atoms with Crippen molar-refractivity contribution < 1.29 is 29.1 Å². The molecule has 1 aromatic rings. The Balaban J connectivity index is 3.51. The molecular formula is C13H13NO7. The minimum Gasteiger partial charge on any atom is -0.512 e. The Morgan fingerprint density at radius 3 is 2.29 bits per heavy atom. The van der Waals surface area contributed by atoms with E-state index in [0.717, 1.165) is 26.4 Å². The first-order valence-corrected chi connectivity index (χ1v) is 5.68. The van der Waals surface area contributed by atoms with Crippen LogP contribution in [0.2, 0.25) is 0 Å². The highest BCUT2D eigenvalue weighted by atomic mass is 16.6. The van der Waals surface area contributed by atoms with Crippen LogP contribution in [-0.2, 0) is 14.3 Å². The molecule has 0 aromatic heterocycles. The molecule has 0 saturated carbocycles. The summed E-state index contributed by atoms with van der Waals surface area (Å²) >= 11 is 0. The van der Waals surface area contributed by atoms with Crippen molar-refractivity contribution in [3.63, 3.8) is 0 Å². The molecule has 0 unspecified atom stereocenters. The Morgan fingerprint density at radius 1 is 1.24 bits per heavy atom. The van der Waals surface area contributed by atoms with Crippen LogP contribution in [0.25, 0.3) is 5.57 Å². The third-order valence-electron chi connectivity index (χ3n) is 2.64. The summed E-state index contributed by atoms with van der Waals surface area (Å²) in [5.41, 5.74) is -0.966. The third kappa shape index (κ3) is 3.35. The van der Waals surface area contributed by atoms with Gasteiger partial charge in [0.15, 0.2) is 0 Å². The Hall–Kier alpha value is -2.90. The van der Waals surface area contributed by atoms with Gasteiger partial charge in [0.05, 0.1) is 19.1 Å². The van der Waals surface area contributed by atoms with Crippen LogP contribution in [0.5, 0.6) is 0 Å². The molecule has 1 N–H and O–H groups in total. The highest BCUT2D eigenvalue weighted by Gasteiger charge is 2.25. The molecule has 0 aliphatic rings. The van der Waals surface area contributed by atoms with Crippen LogP contribution in [0.4, 0.5) is 5.69 Å². The number of nitro benzene ring substituents is 1. The van der Waals surface area contributed by atoms with Gasteiger partial charge < -0.3 is 14.6 Å². The lowest BCUT2D eigenvalue weighted by molar-refractivity contribution is -0.385. The predicted octanol–water partition coefficient (Wildman–Crippen LogP) is 1.84. The molecule has 1 aromatic carbocycles. The van der Waals surface area contributed by atoms with Crippen molar-refractivity contribution in [2.75, 3.05) is 14.2 Å². The fourth-order valence-electron chi connectivity index (χ4n) is 1.70. The molecule has 1 rings (SSSR count). The summed E-state index contributed by atoms with van der Waals surface area (Å²) < 4.78 is 8.96. The highest BCUT2D eigenvalue weighted by Crippen LogP contribution is 2.27. The fourth-order valence-corrected chi connectivity index (χ4v) is 1.70. The van der Waals surface area contributed by atoms with Gasteiger partial charge in [0.25, 0.3) is 5.69 Å². The number of carbonyl (C=O) groups excluding carboxylic acids is 2. The first-order chi connectivity index (χ1) is 9.83. The second-order valence-corrected chi connectivity index (χ2v) is 3.93. The molecule has 0 saturated heterocycles. The maximum atomic E-state index is 11.6. The molecule has 0 spiro atoms. The van der Waals surface area contributed by atoms with Crippen LogP contribution in [-0.4, -0.2) is 36.2 Å². The number of rotatable bonds is 4. The summed E-state index contributed by atoms with van der Waals surface area (Å²) in [4.78, 5) is 33.3. The van der Waals surface area contributed by atoms with Crippen LogP contribution in [0.1, 0.15) is 22.8 Å². The summed E-state index contributed by atoms with van der Waals surface area (Å²) in [6.45, 7) is 1.24. The van der Waals surface area contributed by atoms with E-state index in [2.05, 4.69) is 9.47 Å². The van der Waals surface area contributed by atoms with Crippen molar-refractivity contribution in [3.05, 3.63) is 45.2 Å². The normalized spacial score (nSPS) is 11.4. The average molecular weight is 295 g/mol. The summed E-state index contributed by atoms with van der Waals surface area (Å²) in [5, 5.41) is 20.6. The fraction of sp³-hybridized carbons (Fsp3) is 0.231. The number of nitrogens with zero attached hydrogens (tertiary/aromatic N) is 1. The zero-order valence-electron chi connectivity index (χ0n) is 11.6. The summed E-state index contributed by atoms with van der Waals surface area (Å²) in [6, 6.07) is 3.43. The Labute approximate surface area is 119 Å². The quantitative estimate of drug-likeness (QED) is 0.296. The molecule has 0 atom stereocenters. The molecule has 8 heteroatoms. The van der Waals surface area contributed by atoms with Crippen molar-refractivity contribution in [3.8, 4) is 0 Å². The topological polar surface area (TPSA) is 116 Å². The van der Waals surface area contributed by atoms with Gasteiger partial charge in [-0.25, -0.2) is 9.59 Å². The van der Waals surface area contributed by atoms with Crippen LogP contribution in [0, 0.1) is 10.1 Å². The molecule has 0 radical (unpaired) electrons. The van der Waals surface area contributed by atoms with E-state index in [1.54, 1.807) is 0 Å². The lowest BCUT2D eigenvalue weighted by Crippen LogP contribution is -2.09. The van der Waals surface area contributed by atoms with Crippen molar-refractivity contribution in [1.82, 2.24) is 0 Å². The van der Waals surface area contributed by atoms with E-state index in [9.17, 15) is 24.8 Å². The number of nitro groups is 1. The third-order valence-corrected chi connectivity index (χ3v) is 2.64. The lowest BCUT2D eigenvalue weighted by Gasteiger charge is -2.08. The number of aliphatic hydroxyl groups excluding tert-OH is 1. The van der Waals surface area contributed by atoms with E-state index >= 15 is 0 Å². The van der Waals surface area contributed by atoms with Gasteiger partial charge in [0.1, 0.15) is 16.9 Å². The van der Waals surface area contributed by atoms with Crippen LogP contribution in [0.3, 0.4) is 0 Å². The van der Waals surface area contributed by atoms with Crippen LogP contribution >= 0.6 is 0 Å².